The molecule has 0 amide bonds. The zero-order valence-electron chi connectivity index (χ0n) is 18.4. The lowest BCUT2D eigenvalue weighted by Crippen LogP contribution is -2.16. The summed E-state index contributed by atoms with van der Waals surface area (Å²) in [7, 11) is 1.67. The molecule has 1 atom stereocenters. The average molecular weight is 416 g/mol. The number of hydrogen-bond acceptors (Lipinski definition) is 5. The van der Waals surface area contributed by atoms with Gasteiger partial charge in [0.15, 0.2) is 0 Å². The molecule has 0 spiro atoms. The molecule has 4 rings (SSSR count). The number of nitrogens with zero attached hydrogens (tertiary/aromatic N) is 2. The van der Waals surface area contributed by atoms with Crippen LogP contribution in [0.25, 0.3) is 33.6 Å². The van der Waals surface area contributed by atoms with Gasteiger partial charge in [-0.15, -0.1) is 0 Å². The van der Waals surface area contributed by atoms with Gasteiger partial charge in [-0.3, -0.25) is 0 Å². The lowest BCUT2D eigenvalue weighted by Gasteiger charge is -2.15. The molecule has 0 aliphatic rings. The van der Waals surface area contributed by atoms with Crippen molar-refractivity contribution in [1.82, 2.24) is 9.97 Å². The summed E-state index contributed by atoms with van der Waals surface area (Å²) in [6, 6.07) is 18.5. The number of unbranched alkanes of at least 4 members (excludes halogenated alkanes) is 2. The third-order valence-corrected chi connectivity index (χ3v) is 5.53. The van der Waals surface area contributed by atoms with Crippen LogP contribution in [-0.4, -0.2) is 23.1 Å². The Bertz CT molecular complexity index is 1120. The van der Waals surface area contributed by atoms with E-state index in [9.17, 15) is 0 Å². The van der Waals surface area contributed by atoms with Gasteiger partial charge in [-0.25, -0.2) is 9.97 Å². The zero-order chi connectivity index (χ0) is 21.6. The van der Waals surface area contributed by atoms with Gasteiger partial charge in [-0.2, -0.15) is 0 Å². The molecule has 0 aliphatic heterocycles. The summed E-state index contributed by atoms with van der Waals surface area (Å²) >= 11 is 0. The highest BCUT2D eigenvalue weighted by Crippen LogP contribution is 2.43. The van der Waals surface area contributed by atoms with Crippen molar-refractivity contribution in [1.29, 1.82) is 0 Å². The highest BCUT2D eigenvalue weighted by atomic mass is 16.5. The number of fused-ring (bicyclic) bond motifs is 1. The van der Waals surface area contributed by atoms with Crippen LogP contribution in [0.4, 0.5) is 5.82 Å². The molecule has 160 valence electrons. The number of benzene rings is 2. The van der Waals surface area contributed by atoms with Crippen molar-refractivity contribution < 1.29 is 9.15 Å². The fourth-order valence-corrected chi connectivity index (χ4v) is 3.87. The van der Waals surface area contributed by atoms with Crippen molar-refractivity contribution in [3.63, 3.8) is 0 Å². The molecular weight excluding hydrogens is 386 g/mol. The monoisotopic (exact) mass is 415 g/mol. The SMILES string of the molecule is CCCCCC(C)Nc1ncnc2oc(-c3ccccc3)c(-c3ccc(OC)cc3)c12. The molecule has 4 aromatic rings. The number of ether oxygens (including phenoxy) is 1. The molecular formula is C26H29N3O2. The minimum absolute atomic E-state index is 0.309. The van der Waals surface area contributed by atoms with Crippen LogP contribution in [0, 0.1) is 0 Å². The molecule has 0 saturated heterocycles. The molecule has 0 bridgehead atoms. The van der Waals surface area contributed by atoms with Crippen molar-refractivity contribution in [2.75, 3.05) is 12.4 Å². The number of furan rings is 1. The van der Waals surface area contributed by atoms with E-state index in [-0.39, 0.29) is 0 Å². The van der Waals surface area contributed by atoms with Crippen LogP contribution >= 0.6 is 0 Å². The molecule has 0 radical (unpaired) electrons. The molecule has 31 heavy (non-hydrogen) atoms. The fraction of sp³-hybridized carbons (Fsp3) is 0.308. The van der Waals surface area contributed by atoms with Crippen LogP contribution in [0.2, 0.25) is 0 Å². The van der Waals surface area contributed by atoms with E-state index in [4.69, 9.17) is 9.15 Å². The average Bonchev–Trinajstić information content (AvgIpc) is 3.20. The van der Waals surface area contributed by atoms with E-state index in [1.807, 2.05) is 30.3 Å². The predicted molar refractivity (Wildman–Crippen MR) is 126 cm³/mol. The quantitative estimate of drug-likeness (QED) is 0.300. The van der Waals surface area contributed by atoms with Gasteiger partial charge >= 0.3 is 0 Å². The molecule has 0 saturated carbocycles. The molecule has 1 N–H and O–H groups in total. The smallest absolute Gasteiger partial charge is 0.232 e. The van der Waals surface area contributed by atoms with Gasteiger partial charge in [-0.1, -0.05) is 68.7 Å². The van der Waals surface area contributed by atoms with Crippen LogP contribution in [0.15, 0.2) is 65.3 Å². The molecule has 1 unspecified atom stereocenters. The largest absolute Gasteiger partial charge is 0.497 e. The van der Waals surface area contributed by atoms with Gasteiger partial charge in [0.1, 0.15) is 23.7 Å². The standard InChI is InChI=1S/C26H29N3O2/c1-4-5-7-10-18(2)29-25-23-22(19-13-15-21(30-3)16-14-19)24(20-11-8-6-9-12-20)31-26(23)28-17-27-25/h6,8-9,11-18H,4-5,7,10H2,1-3H3,(H,27,28,29). The second-order valence-corrected chi connectivity index (χ2v) is 7.84. The van der Waals surface area contributed by atoms with E-state index in [0.717, 1.165) is 45.8 Å². The third-order valence-electron chi connectivity index (χ3n) is 5.53. The molecule has 2 aromatic carbocycles. The summed E-state index contributed by atoms with van der Waals surface area (Å²) in [5, 5.41) is 4.52. The van der Waals surface area contributed by atoms with E-state index >= 15 is 0 Å². The lowest BCUT2D eigenvalue weighted by molar-refractivity contribution is 0.415. The second-order valence-electron chi connectivity index (χ2n) is 7.84. The molecule has 5 nitrogen and oxygen atoms in total. The topological polar surface area (TPSA) is 60.2 Å². The highest BCUT2D eigenvalue weighted by molar-refractivity contribution is 6.05. The number of methoxy groups -OCH3 is 1. The van der Waals surface area contributed by atoms with Gasteiger partial charge < -0.3 is 14.5 Å². The van der Waals surface area contributed by atoms with Crippen molar-refractivity contribution in [3.8, 4) is 28.2 Å². The van der Waals surface area contributed by atoms with Crippen LogP contribution < -0.4 is 10.1 Å². The van der Waals surface area contributed by atoms with Gasteiger partial charge in [-0.05, 0) is 31.0 Å². The second kappa shape index (κ2) is 9.65. The van der Waals surface area contributed by atoms with Crippen LogP contribution in [-0.2, 0) is 0 Å². The van der Waals surface area contributed by atoms with Crippen LogP contribution in [0.5, 0.6) is 5.75 Å². The normalized spacial score (nSPS) is 12.1. The zero-order valence-corrected chi connectivity index (χ0v) is 18.4. The number of rotatable bonds is 9. The Morgan fingerprint density at radius 2 is 1.74 bits per heavy atom. The summed E-state index contributed by atoms with van der Waals surface area (Å²) in [6.07, 6.45) is 6.32. The fourth-order valence-electron chi connectivity index (χ4n) is 3.87. The Kier molecular flexibility index (Phi) is 6.51. The minimum atomic E-state index is 0.309. The number of nitrogens with one attached hydrogen (secondary N) is 1. The summed E-state index contributed by atoms with van der Waals surface area (Å²) in [4.78, 5) is 9.04. The highest BCUT2D eigenvalue weighted by Gasteiger charge is 2.22. The minimum Gasteiger partial charge on any atom is -0.497 e. The molecule has 2 aromatic heterocycles. The first-order valence-corrected chi connectivity index (χ1v) is 10.9. The van der Waals surface area contributed by atoms with E-state index < -0.39 is 0 Å². The molecule has 2 heterocycles. The maximum absolute atomic E-state index is 6.29. The number of anilines is 1. The van der Waals surface area contributed by atoms with E-state index in [1.54, 1.807) is 13.4 Å². The van der Waals surface area contributed by atoms with Crippen molar-refractivity contribution >= 4 is 16.9 Å². The molecule has 0 aliphatic carbocycles. The lowest BCUT2D eigenvalue weighted by atomic mass is 9.99. The van der Waals surface area contributed by atoms with Gasteiger partial charge in [0.05, 0.1) is 12.5 Å². The summed E-state index contributed by atoms with van der Waals surface area (Å²) in [5.74, 6) is 2.42. The Hall–Kier alpha value is -3.34. The summed E-state index contributed by atoms with van der Waals surface area (Å²) < 4.78 is 11.6. The van der Waals surface area contributed by atoms with Crippen molar-refractivity contribution in [3.05, 3.63) is 60.9 Å². The van der Waals surface area contributed by atoms with E-state index in [1.165, 1.54) is 19.3 Å². The van der Waals surface area contributed by atoms with Crippen LogP contribution in [0.3, 0.4) is 0 Å². The Morgan fingerprint density at radius 1 is 0.968 bits per heavy atom. The summed E-state index contributed by atoms with van der Waals surface area (Å²) in [5.41, 5.74) is 3.62. The van der Waals surface area contributed by atoms with Crippen molar-refractivity contribution in [2.24, 2.45) is 0 Å². The van der Waals surface area contributed by atoms with Crippen molar-refractivity contribution in [2.45, 2.75) is 45.6 Å². The Balaban J connectivity index is 1.84. The maximum Gasteiger partial charge on any atom is 0.232 e. The Labute approximate surface area is 183 Å². The first kappa shape index (κ1) is 20.9. The van der Waals surface area contributed by atoms with E-state index in [0.29, 0.717) is 11.8 Å². The third kappa shape index (κ3) is 4.55. The molecule has 5 heteroatoms. The van der Waals surface area contributed by atoms with E-state index in [2.05, 4.69) is 53.4 Å². The predicted octanol–water partition coefficient (Wildman–Crippen LogP) is 6.95. The van der Waals surface area contributed by atoms with Gasteiger partial charge in [0, 0.05) is 17.2 Å². The van der Waals surface area contributed by atoms with Gasteiger partial charge in [0.25, 0.3) is 0 Å². The maximum atomic E-state index is 6.29. The van der Waals surface area contributed by atoms with Gasteiger partial charge in [0.2, 0.25) is 5.71 Å². The molecule has 0 fully saturated rings. The first-order valence-electron chi connectivity index (χ1n) is 10.9. The van der Waals surface area contributed by atoms with Crippen LogP contribution in [0.1, 0.15) is 39.5 Å². The first-order chi connectivity index (χ1) is 15.2. The number of aromatic nitrogens is 2. The summed E-state index contributed by atoms with van der Waals surface area (Å²) in [6.45, 7) is 4.43. The number of hydrogen-bond donors (Lipinski definition) is 1. The Morgan fingerprint density at radius 3 is 2.45 bits per heavy atom.